The van der Waals surface area contributed by atoms with Gasteiger partial charge in [-0.2, -0.15) is 0 Å². The molecule has 2 aromatic heterocycles. The average Bonchev–Trinajstić information content (AvgIpc) is 2.91. The third kappa shape index (κ3) is 3.61. The highest BCUT2D eigenvalue weighted by atomic mass is 32.1. The second-order valence-electron chi connectivity index (χ2n) is 5.66. The van der Waals surface area contributed by atoms with Crippen molar-refractivity contribution in [3.8, 4) is 0 Å². The number of pyridine rings is 1. The zero-order valence-corrected chi connectivity index (χ0v) is 14.4. The molecule has 128 valence electrons. The van der Waals surface area contributed by atoms with Crippen LogP contribution in [0.4, 0.5) is 5.69 Å². The van der Waals surface area contributed by atoms with Crippen LogP contribution in [0, 0.1) is 6.92 Å². The smallest absolute Gasteiger partial charge is 0.335 e. The van der Waals surface area contributed by atoms with Crippen LogP contribution in [-0.4, -0.2) is 28.5 Å². The molecule has 0 saturated carbocycles. The molecule has 0 atom stereocenters. The summed E-state index contributed by atoms with van der Waals surface area (Å²) < 4.78 is 0. The van der Waals surface area contributed by atoms with Gasteiger partial charge in [0.05, 0.1) is 11.3 Å². The number of hydrogen-bond donors (Lipinski definition) is 3. The SMILES string of the molecule is Cc1ccc2c(N)c(C(=O)NCCc3ccc(C(=O)O)cc3)sc2n1. The van der Waals surface area contributed by atoms with Crippen LogP contribution in [0.15, 0.2) is 36.4 Å². The number of aromatic carboxylic acids is 1. The molecule has 25 heavy (non-hydrogen) atoms. The van der Waals surface area contributed by atoms with Crippen LogP contribution < -0.4 is 11.1 Å². The number of nitrogens with one attached hydrogen (secondary N) is 1. The lowest BCUT2D eigenvalue weighted by molar-refractivity contribution is 0.0696. The molecule has 0 radical (unpaired) electrons. The molecule has 1 aromatic carbocycles. The zero-order chi connectivity index (χ0) is 18.0. The molecule has 0 aliphatic rings. The molecule has 3 aromatic rings. The summed E-state index contributed by atoms with van der Waals surface area (Å²) >= 11 is 1.28. The van der Waals surface area contributed by atoms with Crippen molar-refractivity contribution in [3.05, 3.63) is 58.1 Å². The summed E-state index contributed by atoms with van der Waals surface area (Å²) in [5.41, 5.74) is 8.60. The lowest BCUT2D eigenvalue weighted by atomic mass is 10.1. The number of rotatable bonds is 5. The Morgan fingerprint density at radius 2 is 1.92 bits per heavy atom. The van der Waals surface area contributed by atoms with Gasteiger partial charge in [0.1, 0.15) is 9.71 Å². The van der Waals surface area contributed by atoms with Gasteiger partial charge in [0.15, 0.2) is 0 Å². The van der Waals surface area contributed by atoms with E-state index in [0.717, 1.165) is 21.5 Å². The molecule has 0 unspecified atom stereocenters. The van der Waals surface area contributed by atoms with E-state index in [9.17, 15) is 9.59 Å². The van der Waals surface area contributed by atoms with E-state index in [1.54, 1.807) is 24.3 Å². The Morgan fingerprint density at radius 1 is 1.20 bits per heavy atom. The quantitative estimate of drug-likeness (QED) is 0.653. The number of thiophene rings is 1. The predicted octanol–water partition coefficient (Wildman–Crippen LogP) is 2.86. The number of fused-ring (bicyclic) bond motifs is 1. The Balaban J connectivity index is 1.64. The summed E-state index contributed by atoms with van der Waals surface area (Å²) in [5.74, 6) is -1.18. The molecule has 0 aliphatic carbocycles. The highest BCUT2D eigenvalue weighted by molar-refractivity contribution is 7.21. The average molecular weight is 355 g/mol. The zero-order valence-electron chi connectivity index (χ0n) is 13.6. The molecule has 0 saturated heterocycles. The van der Waals surface area contributed by atoms with E-state index in [2.05, 4.69) is 10.3 Å². The third-order valence-corrected chi connectivity index (χ3v) is 4.95. The van der Waals surface area contributed by atoms with E-state index in [1.165, 1.54) is 11.3 Å². The van der Waals surface area contributed by atoms with Crippen molar-refractivity contribution in [2.75, 3.05) is 12.3 Å². The van der Waals surface area contributed by atoms with E-state index in [4.69, 9.17) is 10.8 Å². The Morgan fingerprint density at radius 3 is 2.60 bits per heavy atom. The van der Waals surface area contributed by atoms with Crippen molar-refractivity contribution in [1.82, 2.24) is 10.3 Å². The molecule has 6 nitrogen and oxygen atoms in total. The third-order valence-electron chi connectivity index (χ3n) is 3.84. The van der Waals surface area contributed by atoms with E-state index < -0.39 is 5.97 Å². The number of carboxylic acids is 1. The fourth-order valence-electron chi connectivity index (χ4n) is 2.47. The van der Waals surface area contributed by atoms with Gasteiger partial charge in [-0.15, -0.1) is 11.3 Å². The molecule has 0 fully saturated rings. The van der Waals surface area contributed by atoms with Crippen LogP contribution in [0.2, 0.25) is 0 Å². The molecule has 7 heteroatoms. The molecule has 4 N–H and O–H groups in total. The lowest BCUT2D eigenvalue weighted by Crippen LogP contribution is -2.25. The van der Waals surface area contributed by atoms with Crippen molar-refractivity contribution in [2.24, 2.45) is 0 Å². The Labute approximate surface area is 148 Å². The number of carboxylic acid groups (broad SMARTS) is 1. The first-order valence-corrected chi connectivity index (χ1v) is 8.53. The molecule has 0 spiro atoms. The number of nitrogens with two attached hydrogens (primary N) is 1. The highest BCUT2D eigenvalue weighted by Crippen LogP contribution is 2.32. The number of nitrogens with zero attached hydrogens (tertiary/aromatic N) is 1. The first kappa shape index (κ1) is 16.9. The summed E-state index contributed by atoms with van der Waals surface area (Å²) in [4.78, 5) is 28.8. The largest absolute Gasteiger partial charge is 0.478 e. The fourth-order valence-corrected chi connectivity index (χ4v) is 3.53. The van der Waals surface area contributed by atoms with Crippen LogP contribution in [0.5, 0.6) is 0 Å². The molecule has 1 amide bonds. The van der Waals surface area contributed by atoms with Crippen molar-refractivity contribution in [3.63, 3.8) is 0 Å². The minimum absolute atomic E-state index is 0.222. The molecule has 3 rings (SSSR count). The van der Waals surface area contributed by atoms with Crippen LogP contribution in [0.3, 0.4) is 0 Å². The van der Waals surface area contributed by atoms with Gasteiger partial charge in [0, 0.05) is 17.6 Å². The van der Waals surface area contributed by atoms with Crippen molar-refractivity contribution in [1.29, 1.82) is 0 Å². The normalized spacial score (nSPS) is 10.8. The van der Waals surface area contributed by atoms with Gasteiger partial charge in [-0.25, -0.2) is 9.78 Å². The number of anilines is 1. The first-order chi connectivity index (χ1) is 12.0. The van der Waals surface area contributed by atoms with Gasteiger partial charge >= 0.3 is 5.97 Å². The number of carbonyl (C=O) groups excluding carboxylic acids is 1. The number of benzene rings is 1. The van der Waals surface area contributed by atoms with Gasteiger partial charge in [-0.3, -0.25) is 4.79 Å². The lowest BCUT2D eigenvalue weighted by Gasteiger charge is -2.05. The van der Waals surface area contributed by atoms with E-state index in [1.807, 2.05) is 19.1 Å². The minimum Gasteiger partial charge on any atom is -0.478 e. The van der Waals surface area contributed by atoms with E-state index in [-0.39, 0.29) is 11.5 Å². The fraction of sp³-hybridized carbons (Fsp3) is 0.167. The number of amides is 1. The standard InChI is InChI=1S/C18H17N3O3S/c1-10-2-7-13-14(19)15(25-17(13)21-10)16(22)20-9-8-11-3-5-12(6-4-11)18(23)24/h2-7H,8-9,19H2,1H3,(H,20,22)(H,23,24). The van der Waals surface area contributed by atoms with Gasteiger partial charge in [-0.1, -0.05) is 12.1 Å². The van der Waals surface area contributed by atoms with Crippen molar-refractivity contribution < 1.29 is 14.7 Å². The monoisotopic (exact) mass is 355 g/mol. The summed E-state index contributed by atoms with van der Waals surface area (Å²) in [6.07, 6.45) is 0.605. The number of aromatic nitrogens is 1. The number of hydrogen-bond acceptors (Lipinski definition) is 5. The van der Waals surface area contributed by atoms with Gasteiger partial charge in [0.2, 0.25) is 0 Å². The Bertz CT molecular complexity index is 948. The number of aryl methyl sites for hydroxylation is 1. The Hall–Kier alpha value is -2.93. The van der Waals surface area contributed by atoms with Crippen molar-refractivity contribution in [2.45, 2.75) is 13.3 Å². The maximum Gasteiger partial charge on any atom is 0.335 e. The van der Waals surface area contributed by atoms with E-state index in [0.29, 0.717) is 23.5 Å². The maximum atomic E-state index is 12.4. The topological polar surface area (TPSA) is 105 Å². The summed E-state index contributed by atoms with van der Waals surface area (Å²) in [5, 5.41) is 12.5. The van der Waals surface area contributed by atoms with Crippen molar-refractivity contribution >= 4 is 39.1 Å². The van der Waals surface area contributed by atoms with Gasteiger partial charge in [0.25, 0.3) is 5.91 Å². The number of carbonyl (C=O) groups is 2. The Kier molecular flexibility index (Phi) is 4.67. The van der Waals surface area contributed by atoms with Crippen LogP contribution in [-0.2, 0) is 6.42 Å². The second-order valence-corrected chi connectivity index (χ2v) is 6.66. The molecule has 0 bridgehead atoms. The summed E-state index contributed by atoms with van der Waals surface area (Å²) in [6.45, 7) is 2.33. The van der Waals surface area contributed by atoms with Crippen LogP contribution in [0.1, 0.15) is 31.3 Å². The minimum atomic E-state index is -0.955. The summed E-state index contributed by atoms with van der Waals surface area (Å²) in [7, 11) is 0. The molecular weight excluding hydrogens is 338 g/mol. The van der Waals surface area contributed by atoms with Crippen LogP contribution >= 0.6 is 11.3 Å². The number of nitrogen functional groups attached to an aromatic ring is 1. The summed E-state index contributed by atoms with van der Waals surface area (Å²) in [6, 6.07) is 10.3. The van der Waals surface area contributed by atoms with Crippen LogP contribution in [0.25, 0.3) is 10.2 Å². The van der Waals surface area contributed by atoms with Gasteiger partial charge < -0.3 is 16.2 Å². The molecule has 0 aliphatic heterocycles. The maximum absolute atomic E-state index is 12.4. The second kappa shape index (κ2) is 6.90. The predicted molar refractivity (Wildman–Crippen MR) is 98.2 cm³/mol. The first-order valence-electron chi connectivity index (χ1n) is 7.72. The van der Waals surface area contributed by atoms with E-state index >= 15 is 0 Å². The molecular formula is C18H17N3O3S. The molecule has 2 heterocycles. The highest BCUT2D eigenvalue weighted by Gasteiger charge is 2.16. The van der Waals surface area contributed by atoms with Gasteiger partial charge in [-0.05, 0) is 43.2 Å².